The van der Waals surface area contributed by atoms with E-state index in [-0.39, 0.29) is 23.5 Å². The lowest BCUT2D eigenvalue weighted by Crippen LogP contribution is -2.41. The Labute approximate surface area is 131 Å². The molecule has 9 heteroatoms. The minimum absolute atomic E-state index is 0.0361. The number of carbonyl (C=O) groups excluding carboxylic acids is 1. The average Bonchev–Trinajstić information content (AvgIpc) is 3.11. The van der Waals surface area contributed by atoms with Crippen LogP contribution in [0.1, 0.15) is 16.2 Å². The summed E-state index contributed by atoms with van der Waals surface area (Å²) >= 11 is 0. The van der Waals surface area contributed by atoms with Crippen molar-refractivity contribution in [2.75, 3.05) is 26.3 Å². The normalized spacial score (nSPS) is 15.7. The lowest BCUT2D eigenvalue weighted by Gasteiger charge is -2.25. The number of morpholine rings is 1. The molecule has 0 unspecified atom stereocenters. The molecule has 0 saturated carbocycles. The second-order valence-corrected chi connectivity index (χ2v) is 4.92. The summed E-state index contributed by atoms with van der Waals surface area (Å²) in [6, 6.07) is 6.94. The van der Waals surface area contributed by atoms with Gasteiger partial charge in [0, 0.05) is 24.2 Å². The summed E-state index contributed by atoms with van der Waals surface area (Å²) in [7, 11) is 0. The number of benzene rings is 1. The van der Waals surface area contributed by atoms with Crippen LogP contribution < -0.4 is 11.6 Å². The van der Waals surface area contributed by atoms with Gasteiger partial charge in [-0.25, -0.2) is 0 Å². The third-order valence-electron chi connectivity index (χ3n) is 3.48. The molecular weight excluding hydrogens is 300 g/mol. The molecule has 9 nitrogen and oxygen atoms in total. The summed E-state index contributed by atoms with van der Waals surface area (Å²) in [4.78, 5) is 18.1. The molecule has 1 saturated heterocycles. The van der Waals surface area contributed by atoms with E-state index in [0.29, 0.717) is 37.4 Å². The van der Waals surface area contributed by atoms with Crippen LogP contribution in [0.15, 0.2) is 33.9 Å². The fraction of sp³-hybridized carbons (Fsp3) is 0.286. The largest absolute Gasteiger partial charge is 0.382 e. The number of hydrogen-bond acceptors (Lipinski definition) is 7. The number of nitrogens with zero attached hydrogens (tertiary/aromatic N) is 4. The summed E-state index contributed by atoms with van der Waals surface area (Å²) < 4.78 is 10.4. The zero-order valence-corrected chi connectivity index (χ0v) is 12.3. The van der Waals surface area contributed by atoms with Crippen molar-refractivity contribution in [2.45, 2.75) is 0 Å². The number of amides is 1. The lowest BCUT2D eigenvalue weighted by molar-refractivity contribution is 0.0293. The van der Waals surface area contributed by atoms with Gasteiger partial charge in [-0.1, -0.05) is 17.3 Å². The Kier molecular flexibility index (Phi) is 4.20. The first kappa shape index (κ1) is 15.0. The molecule has 1 fully saturated rings. The topological polar surface area (TPSA) is 133 Å². The molecule has 1 aliphatic rings. The zero-order valence-electron chi connectivity index (χ0n) is 12.3. The zero-order chi connectivity index (χ0) is 16.2. The van der Waals surface area contributed by atoms with E-state index in [0.717, 1.165) is 0 Å². The van der Waals surface area contributed by atoms with Crippen LogP contribution in [-0.2, 0) is 4.74 Å². The highest BCUT2D eigenvalue weighted by atomic mass is 16.5. The first-order valence-corrected chi connectivity index (χ1v) is 7.04. The van der Waals surface area contributed by atoms with Crippen LogP contribution in [0.25, 0.3) is 11.5 Å². The number of rotatable bonds is 3. The number of aromatic nitrogens is 2. The van der Waals surface area contributed by atoms with Crippen molar-refractivity contribution in [3.05, 3.63) is 35.7 Å². The van der Waals surface area contributed by atoms with Crippen LogP contribution in [-0.4, -0.2) is 53.1 Å². The second kappa shape index (κ2) is 6.44. The van der Waals surface area contributed by atoms with Gasteiger partial charge in [-0.05, 0) is 12.1 Å². The summed E-state index contributed by atoms with van der Waals surface area (Å²) in [6.07, 6.45) is 0. The van der Waals surface area contributed by atoms with Gasteiger partial charge in [-0.3, -0.25) is 4.79 Å². The fourth-order valence-electron chi connectivity index (χ4n) is 2.19. The summed E-state index contributed by atoms with van der Waals surface area (Å²) in [6.45, 7) is 2.08. The number of nitrogens with two attached hydrogens (primary N) is 2. The van der Waals surface area contributed by atoms with Crippen molar-refractivity contribution in [3.8, 4) is 11.5 Å². The molecule has 2 aromatic rings. The third-order valence-corrected chi connectivity index (χ3v) is 3.48. The Morgan fingerprint density at radius 1 is 1.22 bits per heavy atom. The van der Waals surface area contributed by atoms with Gasteiger partial charge in [-0.2, -0.15) is 10.1 Å². The van der Waals surface area contributed by atoms with Crippen LogP contribution in [0.3, 0.4) is 0 Å². The quantitative estimate of drug-likeness (QED) is 0.346. The molecule has 1 aromatic heterocycles. The standard InChI is InChI=1S/C14H16N6O3/c15-11(18-16)9-1-3-10(4-2-9)13-17-12(19-23-13)14(21)20-5-7-22-8-6-20/h1-4H,5-8,16H2,(H2,15,18). The van der Waals surface area contributed by atoms with Crippen LogP contribution in [0.4, 0.5) is 0 Å². The van der Waals surface area contributed by atoms with Crippen molar-refractivity contribution in [3.63, 3.8) is 0 Å². The van der Waals surface area contributed by atoms with Gasteiger partial charge in [0.05, 0.1) is 13.2 Å². The average molecular weight is 316 g/mol. The molecule has 0 radical (unpaired) electrons. The predicted molar refractivity (Wildman–Crippen MR) is 81.4 cm³/mol. The van der Waals surface area contributed by atoms with E-state index in [1.165, 1.54) is 0 Å². The fourth-order valence-corrected chi connectivity index (χ4v) is 2.19. The number of amidine groups is 1. The first-order valence-electron chi connectivity index (χ1n) is 7.04. The van der Waals surface area contributed by atoms with Gasteiger partial charge >= 0.3 is 0 Å². The predicted octanol–water partition coefficient (Wildman–Crippen LogP) is -0.212. The first-order chi connectivity index (χ1) is 11.2. The van der Waals surface area contributed by atoms with E-state index in [4.69, 9.17) is 20.8 Å². The van der Waals surface area contributed by atoms with Gasteiger partial charge in [0.1, 0.15) is 5.84 Å². The summed E-state index contributed by atoms with van der Waals surface area (Å²) in [5.74, 6) is 5.39. The van der Waals surface area contributed by atoms with Gasteiger partial charge in [0.2, 0.25) is 0 Å². The molecule has 0 aliphatic carbocycles. The van der Waals surface area contributed by atoms with Gasteiger partial charge < -0.3 is 25.7 Å². The minimum Gasteiger partial charge on any atom is -0.382 e. The molecule has 1 aromatic carbocycles. The molecular formula is C14H16N6O3. The Morgan fingerprint density at radius 2 is 1.91 bits per heavy atom. The maximum Gasteiger partial charge on any atom is 0.295 e. The number of ether oxygens (including phenoxy) is 1. The maximum absolute atomic E-state index is 12.3. The Morgan fingerprint density at radius 3 is 2.57 bits per heavy atom. The van der Waals surface area contributed by atoms with Gasteiger partial charge in [0.25, 0.3) is 17.6 Å². The van der Waals surface area contributed by atoms with Crippen molar-refractivity contribution >= 4 is 11.7 Å². The Hall–Kier alpha value is -2.94. The molecule has 0 spiro atoms. The molecule has 3 rings (SSSR count). The molecule has 2 heterocycles. The second-order valence-electron chi connectivity index (χ2n) is 4.92. The molecule has 120 valence electrons. The molecule has 1 aliphatic heterocycles. The Balaban J connectivity index is 1.77. The van der Waals surface area contributed by atoms with Gasteiger partial charge in [-0.15, -0.1) is 0 Å². The van der Waals surface area contributed by atoms with Crippen LogP contribution >= 0.6 is 0 Å². The van der Waals surface area contributed by atoms with Crippen LogP contribution in [0, 0.1) is 0 Å². The highest BCUT2D eigenvalue weighted by Gasteiger charge is 2.23. The van der Waals surface area contributed by atoms with Crippen LogP contribution in [0.2, 0.25) is 0 Å². The highest BCUT2D eigenvalue weighted by molar-refractivity contribution is 5.97. The number of hydrazone groups is 1. The van der Waals surface area contributed by atoms with Crippen molar-refractivity contribution in [2.24, 2.45) is 16.7 Å². The lowest BCUT2D eigenvalue weighted by atomic mass is 10.1. The molecule has 23 heavy (non-hydrogen) atoms. The van der Waals surface area contributed by atoms with E-state index in [9.17, 15) is 4.79 Å². The summed E-state index contributed by atoms with van der Waals surface area (Å²) in [5, 5.41) is 7.18. The third kappa shape index (κ3) is 3.14. The number of carbonyl (C=O) groups is 1. The van der Waals surface area contributed by atoms with Crippen LogP contribution in [0.5, 0.6) is 0 Å². The van der Waals surface area contributed by atoms with Crippen molar-refractivity contribution in [1.29, 1.82) is 0 Å². The van der Waals surface area contributed by atoms with E-state index < -0.39 is 0 Å². The van der Waals surface area contributed by atoms with E-state index in [1.807, 2.05) is 0 Å². The van der Waals surface area contributed by atoms with E-state index >= 15 is 0 Å². The Bertz CT molecular complexity index is 718. The van der Waals surface area contributed by atoms with Crippen molar-refractivity contribution in [1.82, 2.24) is 15.0 Å². The van der Waals surface area contributed by atoms with Crippen molar-refractivity contribution < 1.29 is 14.1 Å². The summed E-state index contributed by atoms with van der Waals surface area (Å²) in [5.41, 5.74) is 6.98. The van der Waals surface area contributed by atoms with E-state index in [1.54, 1.807) is 29.2 Å². The van der Waals surface area contributed by atoms with Gasteiger partial charge in [0.15, 0.2) is 0 Å². The molecule has 0 atom stereocenters. The molecule has 4 N–H and O–H groups in total. The molecule has 1 amide bonds. The smallest absolute Gasteiger partial charge is 0.295 e. The SMILES string of the molecule is N/N=C(\N)c1ccc(-c2nc(C(=O)N3CCOCC3)no2)cc1. The minimum atomic E-state index is -0.264. The highest BCUT2D eigenvalue weighted by Crippen LogP contribution is 2.18. The molecule has 0 bridgehead atoms. The monoisotopic (exact) mass is 316 g/mol. The maximum atomic E-state index is 12.3. The van der Waals surface area contributed by atoms with E-state index in [2.05, 4.69) is 15.2 Å². The number of hydrogen-bond donors (Lipinski definition) is 2.